The predicted molar refractivity (Wildman–Crippen MR) is 85.3 cm³/mol. The second kappa shape index (κ2) is 5.88. The van der Waals surface area contributed by atoms with E-state index in [1.165, 1.54) is 18.4 Å². The molecule has 0 aromatic heterocycles. The van der Waals surface area contributed by atoms with E-state index in [1.54, 1.807) is 0 Å². The smallest absolute Gasteiger partial charge is 0.161 e. The van der Waals surface area contributed by atoms with Crippen LogP contribution in [0.2, 0.25) is 0 Å². The van der Waals surface area contributed by atoms with E-state index >= 15 is 0 Å². The molecule has 0 amide bonds. The van der Waals surface area contributed by atoms with E-state index in [1.807, 2.05) is 0 Å². The molecule has 1 heterocycles. The Bertz CT molecular complexity index is 494. The Morgan fingerprint density at radius 3 is 2.57 bits per heavy atom. The molecule has 1 atom stereocenters. The fraction of sp³-hybridized carbons (Fsp3) is 0.667. The van der Waals surface area contributed by atoms with Crippen LogP contribution in [0.3, 0.4) is 0 Å². The van der Waals surface area contributed by atoms with Gasteiger partial charge in [-0.25, -0.2) is 0 Å². The zero-order valence-electron chi connectivity index (χ0n) is 13.4. The van der Waals surface area contributed by atoms with E-state index in [-0.39, 0.29) is 5.41 Å². The summed E-state index contributed by atoms with van der Waals surface area (Å²) >= 11 is 0. The van der Waals surface area contributed by atoms with Crippen LogP contribution in [0.25, 0.3) is 0 Å². The van der Waals surface area contributed by atoms with Crippen molar-refractivity contribution in [3.05, 3.63) is 23.8 Å². The third-order valence-corrected chi connectivity index (χ3v) is 4.53. The summed E-state index contributed by atoms with van der Waals surface area (Å²) in [6.07, 6.45) is 3.84. The number of hydrogen-bond donors (Lipinski definition) is 1. The second-order valence-electron chi connectivity index (χ2n) is 7.25. The summed E-state index contributed by atoms with van der Waals surface area (Å²) in [5, 5.41) is 3.60. The molecule has 1 aromatic carbocycles. The molecule has 1 N–H and O–H groups in total. The molecule has 0 bridgehead atoms. The van der Waals surface area contributed by atoms with E-state index in [0.717, 1.165) is 43.7 Å². The van der Waals surface area contributed by atoms with E-state index in [2.05, 4.69) is 44.3 Å². The van der Waals surface area contributed by atoms with E-state index in [0.29, 0.717) is 5.92 Å². The normalized spacial score (nSPS) is 22.0. The Balaban J connectivity index is 1.69. The Labute approximate surface area is 128 Å². The Morgan fingerprint density at radius 2 is 1.86 bits per heavy atom. The van der Waals surface area contributed by atoms with Gasteiger partial charge in [0.05, 0.1) is 13.2 Å². The number of fused-ring (bicyclic) bond motifs is 1. The summed E-state index contributed by atoms with van der Waals surface area (Å²) in [6.45, 7) is 9.33. The highest BCUT2D eigenvalue weighted by Crippen LogP contribution is 2.36. The van der Waals surface area contributed by atoms with Crippen LogP contribution in [0.5, 0.6) is 11.5 Å². The molecule has 3 rings (SSSR count). The van der Waals surface area contributed by atoms with Crippen LogP contribution in [0.1, 0.15) is 45.6 Å². The van der Waals surface area contributed by atoms with Crippen LogP contribution >= 0.6 is 0 Å². The van der Waals surface area contributed by atoms with Crippen LogP contribution in [0, 0.1) is 5.92 Å². The first-order valence-electron chi connectivity index (χ1n) is 8.18. The van der Waals surface area contributed by atoms with E-state index in [4.69, 9.17) is 9.47 Å². The summed E-state index contributed by atoms with van der Waals surface area (Å²) < 4.78 is 11.7. The van der Waals surface area contributed by atoms with Gasteiger partial charge in [-0.1, -0.05) is 26.8 Å². The lowest BCUT2D eigenvalue weighted by atomic mass is 9.81. The summed E-state index contributed by atoms with van der Waals surface area (Å²) in [7, 11) is 0. The maximum atomic E-state index is 5.91. The standard InChI is InChI=1S/C18H27NO2/c1-13-11-20-16-7-4-14(10-17(16)21-12-13)18(2,3)8-9-19-15-5-6-15/h4,7,10,13,15,19H,5-6,8-9,11-12H2,1-3H3. The molecule has 2 aliphatic rings. The second-order valence-corrected chi connectivity index (χ2v) is 7.25. The van der Waals surface area contributed by atoms with Crippen molar-refractivity contribution in [2.45, 2.75) is 51.5 Å². The first-order chi connectivity index (χ1) is 10.0. The van der Waals surface area contributed by atoms with Gasteiger partial charge in [0.1, 0.15) is 0 Å². The molecule has 1 aromatic rings. The Hall–Kier alpha value is -1.22. The highest BCUT2D eigenvalue weighted by Gasteiger charge is 2.25. The van der Waals surface area contributed by atoms with Gasteiger partial charge in [-0.3, -0.25) is 0 Å². The maximum Gasteiger partial charge on any atom is 0.161 e. The maximum absolute atomic E-state index is 5.91. The van der Waals surface area contributed by atoms with Gasteiger partial charge in [0.2, 0.25) is 0 Å². The van der Waals surface area contributed by atoms with Crippen molar-refractivity contribution in [2.75, 3.05) is 19.8 Å². The minimum absolute atomic E-state index is 0.151. The highest BCUT2D eigenvalue weighted by molar-refractivity contribution is 5.45. The van der Waals surface area contributed by atoms with Crippen LogP contribution in [-0.2, 0) is 5.41 Å². The van der Waals surface area contributed by atoms with Crippen molar-refractivity contribution in [3.8, 4) is 11.5 Å². The van der Waals surface area contributed by atoms with Crippen molar-refractivity contribution in [1.29, 1.82) is 0 Å². The van der Waals surface area contributed by atoms with Crippen molar-refractivity contribution >= 4 is 0 Å². The third-order valence-electron chi connectivity index (χ3n) is 4.53. The quantitative estimate of drug-likeness (QED) is 0.899. The van der Waals surface area contributed by atoms with Crippen LogP contribution < -0.4 is 14.8 Å². The monoisotopic (exact) mass is 289 g/mol. The average Bonchev–Trinajstić information content (AvgIpc) is 3.27. The SMILES string of the molecule is CC1COc2ccc(C(C)(C)CCNC3CC3)cc2OC1. The third kappa shape index (κ3) is 3.70. The molecule has 116 valence electrons. The number of nitrogens with one attached hydrogen (secondary N) is 1. The molecule has 3 heteroatoms. The first kappa shape index (κ1) is 14.7. The molecule has 1 saturated carbocycles. The lowest BCUT2D eigenvalue weighted by Crippen LogP contribution is -2.26. The van der Waals surface area contributed by atoms with E-state index in [9.17, 15) is 0 Å². The lowest BCUT2D eigenvalue weighted by molar-refractivity contribution is 0.228. The largest absolute Gasteiger partial charge is 0.489 e. The predicted octanol–water partition coefficient (Wildman–Crippen LogP) is 3.51. The van der Waals surface area contributed by atoms with Gasteiger partial charge in [-0.2, -0.15) is 0 Å². The minimum Gasteiger partial charge on any atom is -0.489 e. The molecular weight excluding hydrogens is 262 g/mol. The zero-order valence-corrected chi connectivity index (χ0v) is 13.4. The lowest BCUT2D eigenvalue weighted by Gasteiger charge is -2.26. The Kier molecular flexibility index (Phi) is 4.12. The van der Waals surface area contributed by atoms with Crippen LogP contribution in [0.15, 0.2) is 18.2 Å². The number of hydrogen-bond acceptors (Lipinski definition) is 3. The number of rotatable bonds is 5. The first-order valence-corrected chi connectivity index (χ1v) is 8.18. The molecule has 1 aliphatic carbocycles. The van der Waals surface area contributed by atoms with Gasteiger partial charge in [-0.05, 0) is 48.9 Å². The van der Waals surface area contributed by atoms with Crippen LogP contribution in [-0.4, -0.2) is 25.8 Å². The number of ether oxygens (including phenoxy) is 2. The van der Waals surface area contributed by atoms with Crippen molar-refractivity contribution < 1.29 is 9.47 Å². The van der Waals surface area contributed by atoms with Gasteiger partial charge >= 0.3 is 0 Å². The molecule has 1 fully saturated rings. The molecule has 3 nitrogen and oxygen atoms in total. The van der Waals surface area contributed by atoms with Gasteiger partial charge in [0.25, 0.3) is 0 Å². The molecule has 21 heavy (non-hydrogen) atoms. The summed E-state index contributed by atoms with van der Waals surface area (Å²) in [5.74, 6) is 2.23. The Morgan fingerprint density at radius 1 is 1.14 bits per heavy atom. The fourth-order valence-corrected chi connectivity index (χ4v) is 2.69. The minimum atomic E-state index is 0.151. The van der Waals surface area contributed by atoms with Crippen molar-refractivity contribution in [3.63, 3.8) is 0 Å². The summed E-state index contributed by atoms with van der Waals surface area (Å²) in [4.78, 5) is 0. The number of benzene rings is 1. The highest BCUT2D eigenvalue weighted by atomic mass is 16.5. The molecule has 1 aliphatic heterocycles. The van der Waals surface area contributed by atoms with Gasteiger partial charge < -0.3 is 14.8 Å². The van der Waals surface area contributed by atoms with E-state index < -0.39 is 0 Å². The van der Waals surface area contributed by atoms with Crippen molar-refractivity contribution in [2.24, 2.45) is 5.92 Å². The molecule has 1 unspecified atom stereocenters. The molecule has 0 radical (unpaired) electrons. The van der Waals surface area contributed by atoms with Crippen LogP contribution in [0.4, 0.5) is 0 Å². The zero-order chi connectivity index (χ0) is 14.9. The molecular formula is C18H27NO2. The molecule has 0 saturated heterocycles. The summed E-state index contributed by atoms with van der Waals surface area (Å²) in [5.41, 5.74) is 1.48. The van der Waals surface area contributed by atoms with Gasteiger partial charge in [-0.15, -0.1) is 0 Å². The molecule has 0 spiro atoms. The topological polar surface area (TPSA) is 30.5 Å². The van der Waals surface area contributed by atoms with Crippen molar-refractivity contribution in [1.82, 2.24) is 5.32 Å². The van der Waals surface area contributed by atoms with Gasteiger partial charge in [0, 0.05) is 12.0 Å². The average molecular weight is 289 g/mol. The summed E-state index contributed by atoms with van der Waals surface area (Å²) in [6, 6.07) is 7.21. The van der Waals surface area contributed by atoms with Gasteiger partial charge in [0.15, 0.2) is 11.5 Å². The fourth-order valence-electron chi connectivity index (χ4n) is 2.69.